The molecule has 3 nitrogen and oxygen atoms in total. The molecule has 114 valence electrons. The Morgan fingerprint density at radius 3 is 2.41 bits per heavy atom. The Hall–Kier alpha value is -2.13. The fourth-order valence-electron chi connectivity index (χ4n) is 2.82. The SMILES string of the molecule is Cc1nc2ccccc2c(=O)n1C(C)Cc1ccccc1.Cl. The lowest BCUT2D eigenvalue weighted by Crippen LogP contribution is -2.27. The average molecular weight is 315 g/mol. The molecule has 1 atom stereocenters. The molecule has 2 aromatic carbocycles. The number of hydrogen-bond donors (Lipinski definition) is 0. The van der Waals surface area contributed by atoms with E-state index >= 15 is 0 Å². The van der Waals surface area contributed by atoms with Crippen molar-refractivity contribution in [3.63, 3.8) is 0 Å². The van der Waals surface area contributed by atoms with Crippen LogP contribution in [0.4, 0.5) is 0 Å². The summed E-state index contributed by atoms with van der Waals surface area (Å²) >= 11 is 0. The third kappa shape index (κ3) is 3.04. The number of para-hydroxylation sites is 1. The fourth-order valence-corrected chi connectivity index (χ4v) is 2.82. The van der Waals surface area contributed by atoms with Gasteiger partial charge in [0.1, 0.15) is 5.82 Å². The van der Waals surface area contributed by atoms with Crippen molar-refractivity contribution in [2.75, 3.05) is 0 Å². The van der Waals surface area contributed by atoms with Crippen LogP contribution in [0.2, 0.25) is 0 Å². The molecule has 3 rings (SSSR count). The highest BCUT2D eigenvalue weighted by Gasteiger charge is 2.13. The zero-order valence-electron chi connectivity index (χ0n) is 12.7. The summed E-state index contributed by atoms with van der Waals surface area (Å²) in [5, 5.41) is 0.683. The van der Waals surface area contributed by atoms with Crippen LogP contribution in [0, 0.1) is 6.92 Å². The minimum Gasteiger partial charge on any atom is -0.293 e. The smallest absolute Gasteiger partial charge is 0.261 e. The van der Waals surface area contributed by atoms with Crippen LogP contribution in [0.15, 0.2) is 59.4 Å². The number of halogens is 1. The maximum atomic E-state index is 12.7. The molecule has 0 spiro atoms. The first-order valence-corrected chi connectivity index (χ1v) is 7.18. The number of hydrogen-bond acceptors (Lipinski definition) is 2. The average Bonchev–Trinajstić information content (AvgIpc) is 2.48. The maximum absolute atomic E-state index is 12.7. The Labute approximate surface area is 136 Å². The van der Waals surface area contributed by atoms with Crippen LogP contribution < -0.4 is 5.56 Å². The third-order valence-corrected chi connectivity index (χ3v) is 3.80. The van der Waals surface area contributed by atoms with E-state index in [1.807, 2.05) is 49.4 Å². The van der Waals surface area contributed by atoms with Crippen LogP contribution in [0.3, 0.4) is 0 Å². The Morgan fingerprint density at radius 2 is 1.68 bits per heavy atom. The van der Waals surface area contributed by atoms with Gasteiger partial charge in [-0.2, -0.15) is 0 Å². The van der Waals surface area contributed by atoms with E-state index < -0.39 is 0 Å². The second-order valence-corrected chi connectivity index (χ2v) is 5.39. The van der Waals surface area contributed by atoms with Gasteiger partial charge in [0, 0.05) is 6.04 Å². The lowest BCUT2D eigenvalue weighted by Gasteiger charge is -2.18. The van der Waals surface area contributed by atoms with Gasteiger partial charge in [-0.1, -0.05) is 42.5 Å². The standard InChI is InChI=1S/C18H18N2O.ClH/c1-13(12-15-8-4-3-5-9-15)20-14(2)19-17-11-7-6-10-16(17)18(20)21;/h3-11,13H,12H2,1-2H3;1H. The number of nitrogens with zero attached hydrogens (tertiary/aromatic N) is 2. The largest absolute Gasteiger partial charge is 0.293 e. The summed E-state index contributed by atoms with van der Waals surface area (Å²) in [6.07, 6.45) is 0.821. The zero-order chi connectivity index (χ0) is 14.8. The summed E-state index contributed by atoms with van der Waals surface area (Å²) in [6.45, 7) is 3.97. The molecular weight excluding hydrogens is 296 g/mol. The molecule has 0 saturated heterocycles. The summed E-state index contributed by atoms with van der Waals surface area (Å²) in [5.74, 6) is 0.766. The summed E-state index contributed by atoms with van der Waals surface area (Å²) in [6, 6.07) is 17.8. The van der Waals surface area contributed by atoms with E-state index in [4.69, 9.17) is 0 Å². The van der Waals surface area contributed by atoms with E-state index in [0.717, 1.165) is 17.8 Å². The predicted octanol–water partition coefficient (Wildman–Crippen LogP) is 3.93. The fraction of sp³-hybridized carbons (Fsp3) is 0.222. The van der Waals surface area contributed by atoms with Crippen LogP contribution in [0.5, 0.6) is 0 Å². The second-order valence-electron chi connectivity index (χ2n) is 5.39. The summed E-state index contributed by atoms with van der Waals surface area (Å²) < 4.78 is 1.80. The first kappa shape index (κ1) is 16.2. The van der Waals surface area contributed by atoms with E-state index in [1.165, 1.54) is 5.56 Å². The first-order chi connectivity index (χ1) is 10.2. The number of rotatable bonds is 3. The van der Waals surface area contributed by atoms with E-state index in [9.17, 15) is 4.79 Å². The van der Waals surface area contributed by atoms with Crippen LogP contribution in [-0.4, -0.2) is 9.55 Å². The van der Waals surface area contributed by atoms with Gasteiger partial charge in [0.15, 0.2) is 0 Å². The highest BCUT2D eigenvalue weighted by atomic mass is 35.5. The first-order valence-electron chi connectivity index (χ1n) is 7.18. The van der Waals surface area contributed by atoms with Crippen molar-refractivity contribution in [3.8, 4) is 0 Å². The lowest BCUT2D eigenvalue weighted by molar-refractivity contribution is 0.509. The van der Waals surface area contributed by atoms with Gasteiger partial charge < -0.3 is 0 Å². The lowest BCUT2D eigenvalue weighted by atomic mass is 10.1. The predicted molar refractivity (Wildman–Crippen MR) is 92.8 cm³/mol. The molecule has 1 heterocycles. The molecule has 0 aliphatic carbocycles. The molecule has 1 unspecified atom stereocenters. The Kier molecular flexibility index (Phi) is 4.99. The van der Waals surface area contributed by atoms with Crippen molar-refractivity contribution >= 4 is 23.3 Å². The van der Waals surface area contributed by atoms with Gasteiger partial charge in [-0.25, -0.2) is 4.98 Å². The van der Waals surface area contributed by atoms with Crippen molar-refractivity contribution < 1.29 is 0 Å². The van der Waals surface area contributed by atoms with E-state index in [2.05, 4.69) is 24.0 Å². The maximum Gasteiger partial charge on any atom is 0.261 e. The van der Waals surface area contributed by atoms with Crippen molar-refractivity contribution in [1.82, 2.24) is 9.55 Å². The second kappa shape index (κ2) is 6.75. The van der Waals surface area contributed by atoms with Gasteiger partial charge in [-0.05, 0) is 38.0 Å². The molecule has 22 heavy (non-hydrogen) atoms. The van der Waals surface area contributed by atoms with Crippen molar-refractivity contribution in [3.05, 3.63) is 76.3 Å². The van der Waals surface area contributed by atoms with Gasteiger partial charge in [-0.15, -0.1) is 12.4 Å². The summed E-state index contributed by atoms with van der Waals surface area (Å²) in [4.78, 5) is 17.3. The molecule has 3 aromatic rings. The molecule has 4 heteroatoms. The topological polar surface area (TPSA) is 34.9 Å². The number of benzene rings is 2. The van der Waals surface area contributed by atoms with Gasteiger partial charge >= 0.3 is 0 Å². The molecule has 0 radical (unpaired) electrons. The van der Waals surface area contributed by atoms with E-state index in [-0.39, 0.29) is 24.0 Å². The van der Waals surface area contributed by atoms with Crippen molar-refractivity contribution in [2.45, 2.75) is 26.3 Å². The third-order valence-electron chi connectivity index (χ3n) is 3.80. The molecular formula is C18H19ClN2O. The molecule has 0 aliphatic heterocycles. The minimum atomic E-state index is 0. The number of fused-ring (bicyclic) bond motifs is 1. The van der Waals surface area contributed by atoms with Crippen LogP contribution in [0.1, 0.15) is 24.4 Å². The highest BCUT2D eigenvalue weighted by Crippen LogP contribution is 2.15. The normalized spacial score (nSPS) is 11.9. The molecule has 0 aliphatic rings. The Balaban J connectivity index is 0.00000176. The molecule has 1 aromatic heterocycles. The van der Waals surface area contributed by atoms with E-state index in [0.29, 0.717) is 5.39 Å². The molecule has 0 amide bonds. The van der Waals surface area contributed by atoms with Gasteiger partial charge in [0.2, 0.25) is 0 Å². The highest BCUT2D eigenvalue weighted by molar-refractivity contribution is 5.85. The van der Waals surface area contributed by atoms with Gasteiger partial charge in [-0.3, -0.25) is 9.36 Å². The Bertz CT molecular complexity index is 827. The molecule has 0 saturated carbocycles. The number of aryl methyl sites for hydroxylation is 1. The van der Waals surface area contributed by atoms with Crippen molar-refractivity contribution in [1.29, 1.82) is 0 Å². The monoisotopic (exact) mass is 314 g/mol. The van der Waals surface area contributed by atoms with Crippen LogP contribution >= 0.6 is 12.4 Å². The quantitative estimate of drug-likeness (QED) is 0.734. The molecule has 0 fully saturated rings. The minimum absolute atomic E-state index is 0. The number of aromatic nitrogens is 2. The summed E-state index contributed by atoms with van der Waals surface area (Å²) in [7, 11) is 0. The molecule has 0 bridgehead atoms. The van der Waals surface area contributed by atoms with Crippen LogP contribution in [0.25, 0.3) is 10.9 Å². The van der Waals surface area contributed by atoms with Crippen molar-refractivity contribution in [2.24, 2.45) is 0 Å². The van der Waals surface area contributed by atoms with Gasteiger partial charge in [0.25, 0.3) is 5.56 Å². The van der Waals surface area contributed by atoms with Gasteiger partial charge in [0.05, 0.1) is 10.9 Å². The summed E-state index contributed by atoms with van der Waals surface area (Å²) in [5.41, 5.74) is 2.04. The molecule has 0 N–H and O–H groups in total. The van der Waals surface area contributed by atoms with E-state index in [1.54, 1.807) is 4.57 Å². The zero-order valence-corrected chi connectivity index (χ0v) is 13.5. The Morgan fingerprint density at radius 1 is 1.05 bits per heavy atom. The van der Waals surface area contributed by atoms with Crippen LogP contribution in [-0.2, 0) is 6.42 Å².